The van der Waals surface area contributed by atoms with E-state index in [0.717, 1.165) is 24.9 Å². The topological polar surface area (TPSA) is 60.1 Å². The van der Waals surface area contributed by atoms with Gasteiger partial charge in [-0.15, -0.1) is 0 Å². The van der Waals surface area contributed by atoms with Crippen molar-refractivity contribution in [2.75, 3.05) is 6.54 Å². The van der Waals surface area contributed by atoms with E-state index in [2.05, 4.69) is 9.88 Å². The number of aromatic nitrogens is 3. The maximum Gasteiger partial charge on any atom is 0.330 e. The molecule has 2 aromatic heterocycles. The van der Waals surface area contributed by atoms with Crippen LogP contribution in [0, 0.1) is 5.92 Å². The number of imidazole rings is 1. The third-order valence-corrected chi connectivity index (χ3v) is 5.95. The standard InChI is InChI=1S/C19H26N4O2/c1-2-21-18-16(10-5-11-20-18)23(19(21)25)13-17(24)22-12-6-8-14-7-3-4-9-15(14)22/h5,10-11,14-15H,2-4,6-9,12-13H2,1H3. The Labute approximate surface area is 147 Å². The molecule has 1 aliphatic carbocycles. The number of hydrogen-bond acceptors (Lipinski definition) is 3. The second kappa shape index (κ2) is 6.65. The Morgan fingerprint density at radius 1 is 1.20 bits per heavy atom. The van der Waals surface area contributed by atoms with Crippen molar-refractivity contribution in [1.29, 1.82) is 0 Å². The van der Waals surface area contributed by atoms with Crippen molar-refractivity contribution >= 4 is 17.1 Å². The lowest BCUT2D eigenvalue weighted by atomic mass is 9.78. The Bertz CT molecular complexity index is 836. The van der Waals surface area contributed by atoms with Gasteiger partial charge in [0, 0.05) is 25.3 Å². The average Bonchev–Trinajstić information content (AvgIpc) is 2.92. The van der Waals surface area contributed by atoms with E-state index >= 15 is 0 Å². The van der Waals surface area contributed by atoms with Gasteiger partial charge in [-0.05, 0) is 50.7 Å². The van der Waals surface area contributed by atoms with Gasteiger partial charge in [-0.25, -0.2) is 9.78 Å². The van der Waals surface area contributed by atoms with Crippen LogP contribution in [-0.4, -0.2) is 37.5 Å². The highest BCUT2D eigenvalue weighted by Gasteiger charge is 2.35. The van der Waals surface area contributed by atoms with Crippen molar-refractivity contribution in [2.24, 2.45) is 5.92 Å². The van der Waals surface area contributed by atoms with Crippen LogP contribution in [0.3, 0.4) is 0 Å². The van der Waals surface area contributed by atoms with Crippen LogP contribution in [-0.2, 0) is 17.9 Å². The number of amides is 1. The van der Waals surface area contributed by atoms with Crippen molar-refractivity contribution in [2.45, 2.75) is 64.6 Å². The predicted octanol–water partition coefficient (Wildman–Crippen LogP) is 2.40. The minimum atomic E-state index is -0.137. The molecule has 0 aromatic carbocycles. The molecule has 0 spiro atoms. The average molecular weight is 342 g/mol. The maximum atomic E-state index is 13.1. The number of likely N-dealkylation sites (tertiary alicyclic amines) is 1. The first-order valence-corrected chi connectivity index (χ1v) is 9.54. The van der Waals surface area contributed by atoms with E-state index in [1.807, 2.05) is 19.1 Å². The van der Waals surface area contributed by atoms with Gasteiger partial charge < -0.3 is 4.90 Å². The van der Waals surface area contributed by atoms with Crippen LogP contribution in [0.5, 0.6) is 0 Å². The molecule has 2 fully saturated rings. The number of carbonyl (C=O) groups is 1. The Balaban J connectivity index is 1.64. The van der Waals surface area contributed by atoms with E-state index < -0.39 is 0 Å². The van der Waals surface area contributed by atoms with Gasteiger partial charge in [0.25, 0.3) is 0 Å². The molecule has 2 unspecified atom stereocenters. The van der Waals surface area contributed by atoms with Crippen LogP contribution in [0.15, 0.2) is 23.1 Å². The second-order valence-corrected chi connectivity index (χ2v) is 7.30. The fourth-order valence-corrected chi connectivity index (χ4v) is 4.74. The van der Waals surface area contributed by atoms with Crippen molar-refractivity contribution in [3.8, 4) is 0 Å². The van der Waals surface area contributed by atoms with E-state index in [0.29, 0.717) is 24.2 Å². The Morgan fingerprint density at radius 2 is 2.00 bits per heavy atom. The van der Waals surface area contributed by atoms with Gasteiger partial charge in [-0.2, -0.15) is 0 Å². The molecule has 6 heteroatoms. The number of fused-ring (bicyclic) bond motifs is 2. The molecule has 25 heavy (non-hydrogen) atoms. The summed E-state index contributed by atoms with van der Waals surface area (Å²) < 4.78 is 3.24. The minimum absolute atomic E-state index is 0.0812. The van der Waals surface area contributed by atoms with Gasteiger partial charge in [-0.3, -0.25) is 13.9 Å². The summed E-state index contributed by atoms with van der Waals surface area (Å²) in [6.45, 7) is 3.44. The Morgan fingerprint density at radius 3 is 2.84 bits per heavy atom. The van der Waals surface area contributed by atoms with Crippen molar-refractivity contribution in [3.63, 3.8) is 0 Å². The number of aryl methyl sites for hydroxylation is 1. The number of nitrogens with zero attached hydrogens (tertiary/aromatic N) is 4. The zero-order valence-electron chi connectivity index (χ0n) is 14.9. The summed E-state index contributed by atoms with van der Waals surface area (Å²) in [6, 6.07) is 4.08. The summed E-state index contributed by atoms with van der Waals surface area (Å²) in [5.41, 5.74) is 1.28. The van der Waals surface area contributed by atoms with E-state index in [4.69, 9.17) is 0 Å². The molecule has 1 aliphatic heterocycles. The summed E-state index contributed by atoms with van der Waals surface area (Å²) in [7, 11) is 0. The van der Waals surface area contributed by atoms with Gasteiger partial charge in [-0.1, -0.05) is 12.8 Å². The fraction of sp³-hybridized carbons (Fsp3) is 0.632. The summed E-state index contributed by atoms with van der Waals surface area (Å²) in [6.07, 6.45) is 8.88. The zero-order chi connectivity index (χ0) is 17.4. The first-order valence-electron chi connectivity index (χ1n) is 9.54. The molecule has 134 valence electrons. The molecule has 1 amide bonds. The maximum absolute atomic E-state index is 13.1. The van der Waals surface area contributed by atoms with Gasteiger partial charge in [0.1, 0.15) is 6.54 Å². The lowest BCUT2D eigenvalue weighted by Crippen LogP contribution is -2.51. The number of rotatable bonds is 3. The van der Waals surface area contributed by atoms with Gasteiger partial charge >= 0.3 is 5.69 Å². The summed E-state index contributed by atoms with van der Waals surface area (Å²) in [5.74, 6) is 0.736. The molecular weight excluding hydrogens is 316 g/mol. The first kappa shape index (κ1) is 16.4. The lowest BCUT2D eigenvalue weighted by Gasteiger charge is -2.44. The molecule has 2 aliphatic rings. The van der Waals surface area contributed by atoms with Crippen molar-refractivity contribution in [1.82, 2.24) is 19.0 Å². The monoisotopic (exact) mass is 342 g/mol. The third kappa shape index (κ3) is 2.77. The number of pyridine rings is 1. The first-order chi connectivity index (χ1) is 12.2. The lowest BCUT2D eigenvalue weighted by molar-refractivity contribution is -0.138. The highest BCUT2D eigenvalue weighted by Crippen LogP contribution is 2.35. The molecule has 0 radical (unpaired) electrons. The van der Waals surface area contributed by atoms with E-state index in [1.165, 1.54) is 25.7 Å². The van der Waals surface area contributed by atoms with Crippen LogP contribution in [0.25, 0.3) is 11.2 Å². The molecule has 6 nitrogen and oxygen atoms in total. The van der Waals surface area contributed by atoms with E-state index in [-0.39, 0.29) is 18.1 Å². The number of piperidine rings is 1. The summed E-state index contributed by atoms with van der Waals surface area (Å²) >= 11 is 0. The van der Waals surface area contributed by atoms with Crippen molar-refractivity contribution in [3.05, 3.63) is 28.8 Å². The predicted molar refractivity (Wildman–Crippen MR) is 96.4 cm³/mol. The van der Waals surface area contributed by atoms with Crippen LogP contribution < -0.4 is 5.69 Å². The quantitative estimate of drug-likeness (QED) is 0.860. The molecule has 0 N–H and O–H groups in total. The third-order valence-electron chi connectivity index (χ3n) is 5.95. The fourth-order valence-electron chi connectivity index (χ4n) is 4.74. The van der Waals surface area contributed by atoms with Gasteiger partial charge in [0.05, 0.1) is 5.52 Å². The number of hydrogen-bond donors (Lipinski definition) is 0. The normalized spacial score (nSPS) is 23.6. The highest BCUT2D eigenvalue weighted by atomic mass is 16.2. The Hall–Kier alpha value is -2.11. The molecule has 3 heterocycles. The highest BCUT2D eigenvalue weighted by molar-refractivity contribution is 5.79. The van der Waals surface area contributed by atoms with E-state index in [9.17, 15) is 9.59 Å². The number of carbonyl (C=O) groups excluding carboxylic acids is 1. The Kier molecular flexibility index (Phi) is 4.36. The zero-order valence-corrected chi connectivity index (χ0v) is 14.9. The van der Waals surface area contributed by atoms with Gasteiger partial charge in [0.2, 0.25) is 5.91 Å². The molecule has 2 atom stereocenters. The van der Waals surface area contributed by atoms with E-state index in [1.54, 1.807) is 15.3 Å². The second-order valence-electron chi connectivity index (χ2n) is 7.30. The molecule has 4 rings (SSSR count). The molecule has 2 aromatic rings. The van der Waals surface area contributed by atoms with Crippen LogP contribution in [0.4, 0.5) is 0 Å². The minimum Gasteiger partial charge on any atom is -0.338 e. The molecule has 1 saturated carbocycles. The SMILES string of the molecule is CCn1c(=O)n(CC(=O)N2CCCC3CCCCC32)c2cccnc21. The van der Waals surface area contributed by atoms with Crippen LogP contribution >= 0.6 is 0 Å². The van der Waals surface area contributed by atoms with Crippen LogP contribution in [0.2, 0.25) is 0 Å². The molecule has 0 bridgehead atoms. The summed E-state index contributed by atoms with van der Waals surface area (Å²) in [5, 5.41) is 0. The van der Waals surface area contributed by atoms with Crippen molar-refractivity contribution < 1.29 is 4.79 Å². The van der Waals surface area contributed by atoms with Crippen LogP contribution in [0.1, 0.15) is 45.4 Å². The van der Waals surface area contributed by atoms with Gasteiger partial charge in [0.15, 0.2) is 5.65 Å². The molecular formula is C19H26N4O2. The summed E-state index contributed by atoms with van der Waals surface area (Å²) in [4.78, 5) is 32.2. The molecule has 1 saturated heterocycles. The smallest absolute Gasteiger partial charge is 0.330 e. The largest absolute Gasteiger partial charge is 0.338 e.